The van der Waals surface area contributed by atoms with E-state index in [0.717, 1.165) is 17.8 Å². The summed E-state index contributed by atoms with van der Waals surface area (Å²) in [6, 6.07) is 14.0. The molecular weight excluding hydrogens is 338 g/mol. The highest BCUT2D eigenvalue weighted by atomic mass is 19.1. The van der Waals surface area contributed by atoms with Gasteiger partial charge in [0.2, 0.25) is 0 Å². The van der Waals surface area contributed by atoms with Gasteiger partial charge in [0.1, 0.15) is 29.5 Å². The number of anilines is 3. The van der Waals surface area contributed by atoms with Crippen molar-refractivity contribution >= 4 is 23.1 Å². The SMILES string of the molecule is CCN(c1ccccc1)c1cc(C(=O)Nc2ccc(F)cc2F)ncn1. The lowest BCUT2D eigenvalue weighted by Gasteiger charge is -2.22. The van der Waals surface area contributed by atoms with Gasteiger partial charge in [0.05, 0.1) is 5.69 Å². The van der Waals surface area contributed by atoms with E-state index in [9.17, 15) is 13.6 Å². The molecule has 0 atom stereocenters. The van der Waals surface area contributed by atoms with E-state index in [1.165, 1.54) is 12.4 Å². The zero-order chi connectivity index (χ0) is 18.5. The minimum atomic E-state index is -0.855. The zero-order valence-electron chi connectivity index (χ0n) is 14.0. The number of hydrogen-bond donors (Lipinski definition) is 1. The molecule has 0 radical (unpaired) electrons. The lowest BCUT2D eigenvalue weighted by atomic mass is 10.2. The Bertz CT molecular complexity index is 918. The van der Waals surface area contributed by atoms with E-state index in [4.69, 9.17) is 0 Å². The Hall–Kier alpha value is -3.35. The molecule has 0 aliphatic rings. The zero-order valence-corrected chi connectivity index (χ0v) is 14.0. The maximum atomic E-state index is 13.7. The summed E-state index contributed by atoms with van der Waals surface area (Å²) in [5.74, 6) is -1.64. The van der Waals surface area contributed by atoms with Crippen molar-refractivity contribution in [1.82, 2.24) is 9.97 Å². The molecular formula is C19H16F2N4O. The number of amides is 1. The molecule has 1 N–H and O–H groups in total. The van der Waals surface area contributed by atoms with Gasteiger partial charge < -0.3 is 10.2 Å². The lowest BCUT2D eigenvalue weighted by Crippen LogP contribution is -2.20. The number of nitrogens with zero attached hydrogens (tertiary/aromatic N) is 3. The average molecular weight is 354 g/mol. The first kappa shape index (κ1) is 17.5. The smallest absolute Gasteiger partial charge is 0.274 e. The number of aromatic nitrogens is 2. The first-order valence-electron chi connectivity index (χ1n) is 7.99. The van der Waals surface area contributed by atoms with Crippen molar-refractivity contribution in [2.24, 2.45) is 0 Å². The van der Waals surface area contributed by atoms with Crippen molar-refractivity contribution in [2.75, 3.05) is 16.8 Å². The van der Waals surface area contributed by atoms with Gasteiger partial charge in [-0.3, -0.25) is 4.79 Å². The number of nitrogens with one attached hydrogen (secondary N) is 1. The molecule has 0 spiro atoms. The molecule has 0 unspecified atom stereocenters. The molecule has 0 aliphatic carbocycles. The maximum Gasteiger partial charge on any atom is 0.274 e. The number of carbonyl (C=O) groups excluding carboxylic acids is 1. The van der Waals surface area contributed by atoms with Crippen molar-refractivity contribution in [2.45, 2.75) is 6.92 Å². The molecule has 5 nitrogen and oxygen atoms in total. The third-order valence-electron chi connectivity index (χ3n) is 3.73. The highest BCUT2D eigenvalue weighted by molar-refractivity contribution is 6.03. The molecule has 3 rings (SSSR count). The predicted octanol–water partition coefficient (Wildman–Crippen LogP) is 4.17. The van der Waals surface area contributed by atoms with E-state index >= 15 is 0 Å². The summed E-state index contributed by atoms with van der Waals surface area (Å²) in [5.41, 5.74) is 0.879. The van der Waals surface area contributed by atoms with Gasteiger partial charge in [0, 0.05) is 24.4 Å². The van der Waals surface area contributed by atoms with Gasteiger partial charge >= 0.3 is 0 Å². The van der Waals surface area contributed by atoms with Crippen LogP contribution in [-0.4, -0.2) is 22.4 Å². The molecule has 1 amide bonds. The second-order valence-electron chi connectivity index (χ2n) is 5.42. The molecule has 1 aromatic heterocycles. The number of benzene rings is 2. The lowest BCUT2D eigenvalue weighted by molar-refractivity contribution is 0.102. The fraction of sp³-hybridized carbons (Fsp3) is 0.105. The number of hydrogen-bond acceptors (Lipinski definition) is 4. The van der Waals surface area contributed by atoms with Gasteiger partial charge in [0.15, 0.2) is 0 Å². The fourth-order valence-electron chi connectivity index (χ4n) is 2.48. The van der Waals surface area contributed by atoms with Crippen LogP contribution in [0.5, 0.6) is 0 Å². The second kappa shape index (κ2) is 7.69. The Morgan fingerprint density at radius 3 is 2.54 bits per heavy atom. The van der Waals surface area contributed by atoms with Crippen LogP contribution in [0.1, 0.15) is 17.4 Å². The second-order valence-corrected chi connectivity index (χ2v) is 5.42. The van der Waals surface area contributed by atoms with Crippen LogP contribution in [0.25, 0.3) is 0 Å². The van der Waals surface area contributed by atoms with Crippen LogP contribution >= 0.6 is 0 Å². The summed E-state index contributed by atoms with van der Waals surface area (Å²) in [7, 11) is 0. The predicted molar refractivity (Wildman–Crippen MR) is 95.5 cm³/mol. The monoisotopic (exact) mass is 354 g/mol. The van der Waals surface area contributed by atoms with Crippen LogP contribution in [0, 0.1) is 11.6 Å². The molecule has 132 valence electrons. The quantitative estimate of drug-likeness (QED) is 0.747. The van der Waals surface area contributed by atoms with Crippen molar-refractivity contribution < 1.29 is 13.6 Å². The van der Waals surface area contributed by atoms with Crippen molar-refractivity contribution in [1.29, 1.82) is 0 Å². The third-order valence-corrected chi connectivity index (χ3v) is 3.73. The Labute approximate surface area is 149 Å². The van der Waals surface area contributed by atoms with Gasteiger partial charge in [-0.25, -0.2) is 18.7 Å². The number of halogens is 2. The van der Waals surface area contributed by atoms with Crippen LogP contribution in [0.4, 0.5) is 26.0 Å². The summed E-state index contributed by atoms with van der Waals surface area (Å²) >= 11 is 0. The molecule has 1 heterocycles. The Morgan fingerprint density at radius 2 is 1.85 bits per heavy atom. The van der Waals surface area contributed by atoms with E-state index in [0.29, 0.717) is 18.4 Å². The maximum absolute atomic E-state index is 13.7. The highest BCUT2D eigenvalue weighted by Crippen LogP contribution is 2.23. The van der Waals surface area contributed by atoms with Gasteiger partial charge in [-0.15, -0.1) is 0 Å². The van der Waals surface area contributed by atoms with Crippen LogP contribution in [0.3, 0.4) is 0 Å². The first-order chi connectivity index (χ1) is 12.6. The van der Waals surface area contributed by atoms with Crippen molar-refractivity contribution in [3.8, 4) is 0 Å². The number of carbonyl (C=O) groups is 1. The highest BCUT2D eigenvalue weighted by Gasteiger charge is 2.15. The van der Waals surface area contributed by atoms with Gasteiger partial charge in [-0.05, 0) is 31.2 Å². The molecule has 26 heavy (non-hydrogen) atoms. The topological polar surface area (TPSA) is 58.1 Å². The molecule has 2 aromatic carbocycles. The van der Waals surface area contributed by atoms with Crippen LogP contribution in [0.15, 0.2) is 60.9 Å². The Kier molecular flexibility index (Phi) is 5.17. The van der Waals surface area contributed by atoms with Crippen molar-refractivity contribution in [3.05, 3.63) is 78.3 Å². The summed E-state index contributed by atoms with van der Waals surface area (Å²) in [6.07, 6.45) is 1.27. The molecule has 0 aliphatic heterocycles. The minimum absolute atomic E-state index is 0.0770. The molecule has 0 fully saturated rings. The van der Waals surface area contributed by atoms with E-state index < -0.39 is 17.5 Å². The third kappa shape index (κ3) is 3.83. The van der Waals surface area contributed by atoms with E-state index in [1.54, 1.807) is 0 Å². The van der Waals surface area contributed by atoms with Gasteiger partial charge in [-0.2, -0.15) is 0 Å². The fourth-order valence-corrected chi connectivity index (χ4v) is 2.48. The molecule has 7 heteroatoms. The first-order valence-corrected chi connectivity index (χ1v) is 7.99. The summed E-state index contributed by atoms with van der Waals surface area (Å²) in [4.78, 5) is 22.4. The Morgan fingerprint density at radius 1 is 1.08 bits per heavy atom. The van der Waals surface area contributed by atoms with Crippen LogP contribution in [-0.2, 0) is 0 Å². The molecule has 0 saturated heterocycles. The van der Waals surface area contributed by atoms with Crippen LogP contribution < -0.4 is 10.2 Å². The number of para-hydroxylation sites is 1. The number of rotatable bonds is 5. The van der Waals surface area contributed by atoms with Gasteiger partial charge in [-0.1, -0.05) is 18.2 Å². The summed E-state index contributed by atoms with van der Waals surface area (Å²) in [6.45, 7) is 2.59. The molecule has 0 saturated carbocycles. The van der Waals surface area contributed by atoms with Gasteiger partial charge in [0.25, 0.3) is 5.91 Å². The average Bonchev–Trinajstić information content (AvgIpc) is 2.66. The summed E-state index contributed by atoms with van der Waals surface area (Å²) in [5, 5.41) is 2.39. The summed E-state index contributed by atoms with van der Waals surface area (Å²) < 4.78 is 26.7. The van der Waals surface area contributed by atoms with Crippen molar-refractivity contribution in [3.63, 3.8) is 0 Å². The van der Waals surface area contributed by atoms with Crippen LogP contribution in [0.2, 0.25) is 0 Å². The normalized spacial score (nSPS) is 10.4. The largest absolute Gasteiger partial charge is 0.327 e. The standard InChI is InChI=1S/C19H16F2N4O/c1-2-25(14-6-4-3-5-7-14)18-11-17(22-12-23-18)19(26)24-16-9-8-13(20)10-15(16)21/h3-12H,2H2,1H3,(H,24,26). The van der Waals surface area contributed by atoms with E-state index in [1.807, 2.05) is 42.2 Å². The van der Waals surface area contributed by atoms with E-state index in [-0.39, 0.29) is 11.4 Å². The van der Waals surface area contributed by atoms with E-state index in [2.05, 4.69) is 15.3 Å². The molecule has 0 bridgehead atoms. The molecule has 3 aromatic rings. The minimum Gasteiger partial charge on any atom is -0.327 e. The Balaban J connectivity index is 1.85.